The molecule has 2 amide bonds. The van der Waals surface area contributed by atoms with E-state index in [1.54, 1.807) is 25.1 Å². The van der Waals surface area contributed by atoms with Gasteiger partial charge >= 0.3 is 0 Å². The van der Waals surface area contributed by atoms with Crippen molar-refractivity contribution >= 4 is 17.5 Å². The first-order valence-corrected chi connectivity index (χ1v) is 11.4. The van der Waals surface area contributed by atoms with Crippen molar-refractivity contribution in [2.75, 3.05) is 19.1 Å². The Balaban J connectivity index is 1.64. The Kier molecular flexibility index (Phi) is 4.42. The zero-order chi connectivity index (χ0) is 23.8. The third kappa shape index (κ3) is 2.33. The summed E-state index contributed by atoms with van der Waals surface area (Å²) in [5.74, 6) is -1.29. The molecule has 6 heteroatoms. The molecule has 3 atom stereocenters. The van der Waals surface area contributed by atoms with Crippen LogP contribution in [0.1, 0.15) is 35.1 Å². The second kappa shape index (κ2) is 7.18. The van der Waals surface area contributed by atoms with E-state index in [1.165, 1.54) is 19.1 Å². The summed E-state index contributed by atoms with van der Waals surface area (Å²) in [7, 11) is 3.05. The van der Waals surface area contributed by atoms with Gasteiger partial charge in [-0.25, -0.2) is 4.90 Å². The first-order valence-electron chi connectivity index (χ1n) is 11.4. The van der Waals surface area contributed by atoms with E-state index in [2.05, 4.69) is 0 Å². The Morgan fingerprint density at radius 3 is 2.06 bits per heavy atom. The third-order valence-electron chi connectivity index (χ3n) is 7.97. The molecular weight excluding hydrogens is 430 g/mol. The molecule has 1 heterocycles. The highest BCUT2D eigenvalue weighted by Crippen LogP contribution is 2.65. The van der Waals surface area contributed by atoms with Crippen molar-refractivity contribution in [2.45, 2.75) is 24.4 Å². The Labute approximate surface area is 197 Å². The largest absolute Gasteiger partial charge is 0.497 e. The number of hydrogen-bond acceptors (Lipinski definition) is 5. The lowest BCUT2D eigenvalue weighted by atomic mass is 9.46. The molecule has 3 aromatic rings. The Hall–Kier alpha value is -3.64. The van der Waals surface area contributed by atoms with Crippen LogP contribution in [0.15, 0.2) is 66.7 Å². The summed E-state index contributed by atoms with van der Waals surface area (Å²) in [6, 6.07) is 20.9. The molecule has 1 saturated heterocycles. The van der Waals surface area contributed by atoms with Crippen molar-refractivity contribution in [3.8, 4) is 11.5 Å². The van der Waals surface area contributed by atoms with Crippen molar-refractivity contribution in [3.05, 3.63) is 89.0 Å². The van der Waals surface area contributed by atoms with Crippen LogP contribution >= 0.6 is 0 Å². The molecule has 6 nitrogen and oxygen atoms in total. The van der Waals surface area contributed by atoms with E-state index in [4.69, 9.17) is 9.47 Å². The van der Waals surface area contributed by atoms with Gasteiger partial charge in [-0.1, -0.05) is 48.5 Å². The van der Waals surface area contributed by atoms with Gasteiger partial charge in [0.2, 0.25) is 11.8 Å². The van der Waals surface area contributed by atoms with E-state index in [0.717, 1.165) is 22.3 Å². The summed E-state index contributed by atoms with van der Waals surface area (Å²) in [6.45, 7) is 1.73. The molecule has 0 spiro atoms. The SMILES string of the molecule is COc1ccc(OC)c(N2C(=O)[C@@H]3C4c5ccccc5C([C@@H](C)O)(c5ccccc54)[C@@H]3C2=O)c1. The molecule has 0 unspecified atom stereocenters. The molecule has 4 aliphatic rings. The number of imide groups is 1. The maximum Gasteiger partial charge on any atom is 0.239 e. The number of amides is 2. The van der Waals surface area contributed by atoms with Crippen LogP contribution in [0.25, 0.3) is 0 Å². The van der Waals surface area contributed by atoms with Gasteiger partial charge in [-0.15, -0.1) is 0 Å². The third-order valence-corrected chi connectivity index (χ3v) is 7.97. The Morgan fingerprint density at radius 2 is 1.50 bits per heavy atom. The summed E-state index contributed by atoms with van der Waals surface area (Å²) >= 11 is 0. The molecule has 172 valence electrons. The van der Waals surface area contributed by atoms with Gasteiger partial charge in [0.25, 0.3) is 0 Å². The molecule has 1 aliphatic heterocycles. The lowest BCUT2D eigenvalue weighted by molar-refractivity contribution is -0.126. The number of benzene rings is 3. The minimum Gasteiger partial charge on any atom is -0.497 e. The van der Waals surface area contributed by atoms with Crippen molar-refractivity contribution in [2.24, 2.45) is 11.8 Å². The van der Waals surface area contributed by atoms with Crippen LogP contribution in [-0.2, 0) is 15.0 Å². The smallest absolute Gasteiger partial charge is 0.239 e. The maximum absolute atomic E-state index is 14.2. The van der Waals surface area contributed by atoms with Gasteiger partial charge in [-0.2, -0.15) is 0 Å². The second-order valence-electron chi connectivity index (χ2n) is 9.25. The summed E-state index contributed by atoms with van der Waals surface area (Å²) < 4.78 is 10.9. The topological polar surface area (TPSA) is 76.1 Å². The van der Waals surface area contributed by atoms with Crippen molar-refractivity contribution in [1.82, 2.24) is 0 Å². The summed E-state index contributed by atoms with van der Waals surface area (Å²) in [5.41, 5.74) is 3.19. The summed E-state index contributed by atoms with van der Waals surface area (Å²) in [4.78, 5) is 29.6. The number of carbonyl (C=O) groups excluding carboxylic acids is 2. The summed E-state index contributed by atoms with van der Waals surface area (Å²) in [5, 5.41) is 11.4. The number of nitrogens with zero attached hydrogens (tertiary/aromatic N) is 1. The highest BCUT2D eigenvalue weighted by atomic mass is 16.5. The van der Waals surface area contributed by atoms with E-state index < -0.39 is 23.4 Å². The normalized spacial score (nSPS) is 27.2. The highest BCUT2D eigenvalue weighted by Gasteiger charge is 2.69. The van der Waals surface area contributed by atoms with Crippen LogP contribution in [0.5, 0.6) is 11.5 Å². The first-order chi connectivity index (χ1) is 16.5. The van der Waals surface area contributed by atoms with E-state index in [9.17, 15) is 14.7 Å². The average molecular weight is 456 g/mol. The fourth-order valence-corrected chi connectivity index (χ4v) is 6.75. The second-order valence-corrected chi connectivity index (χ2v) is 9.25. The van der Waals surface area contributed by atoms with Gasteiger partial charge in [-0.05, 0) is 41.3 Å². The molecule has 3 aliphatic carbocycles. The number of carbonyl (C=O) groups is 2. The van der Waals surface area contributed by atoms with E-state index in [1.807, 2.05) is 48.5 Å². The predicted octanol–water partition coefficient (Wildman–Crippen LogP) is 3.64. The van der Waals surface area contributed by atoms with E-state index >= 15 is 0 Å². The van der Waals surface area contributed by atoms with Gasteiger partial charge in [0.1, 0.15) is 11.5 Å². The number of ether oxygens (including phenoxy) is 2. The van der Waals surface area contributed by atoms with Gasteiger partial charge in [0, 0.05) is 12.0 Å². The molecule has 7 rings (SSSR count). The van der Waals surface area contributed by atoms with Crippen LogP contribution in [0.3, 0.4) is 0 Å². The van der Waals surface area contributed by atoms with E-state index in [0.29, 0.717) is 17.2 Å². The fourth-order valence-electron chi connectivity index (χ4n) is 6.75. The minimum absolute atomic E-state index is 0.268. The van der Waals surface area contributed by atoms with Crippen LogP contribution in [0.2, 0.25) is 0 Å². The molecule has 0 saturated carbocycles. The molecule has 3 aromatic carbocycles. The van der Waals surface area contributed by atoms with Crippen molar-refractivity contribution in [1.29, 1.82) is 0 Å². The lowest BCUT2D eigenvalue weighted by Gasteiger charge is -2.55. The standard InChI is InChI=1S/C28H25NO5/c1-15(30)28-19-10-6-4-8-17(19)23(18-9-5-7-11-20(18)28)24-25(28)27(32)29(26(24)31)21-14-16(33-2)12-13-22(21)34-3/h4-15,23-25,30H,1-3H3/t15-,23?,24-,25+,28?/m1/s1. The molecule has 2 bridgehead atoms. The van der Waals surface area contributed by atoms with Gasteiger partial charge in [0.15, 0.2) is 0 Å². The number of methoxy groups -OCH3 is 2. The van der Waals surface area contributed by atoms with Gasteiger partial charge in [0.05, 0.1) is 43.3 Å². The molecular formula is C28H25NO5. The van der Waals surface area contributed by atoms with Crippen LogP contribution in [0, 0.1) is 11.8 Å². The Morgan fingerprint density at radius 1 is 0.882 bits per heavy atom. The van der Waals surface area contributed by atoms with Crippen LogP contribution in [-0.4, -0.2) is 37.2 Å². The highest BCUT2D eigenvalue weighted by molar-refractivity contribution is 6.24. The first kappa shape index (κ1) is 20.9. The summed E-state index contributed by atoms with van der Waals surface area (Å²) in [6.07, 6.45) is -0.896. The molecule has 0 radical (unpaired) electrons. The zero-order valence-corrected chi connectivity index (χ0v) is 19.2. The average Bonchev–Trinajstić information content (AvgIpc) is 3.13. The maximum atomic E-state index is 14.2. The monoisotopic (exact) mass is 455 g/mol. The van der Waals surface area contributed by atoms with Gasteiger partial charge < -0.3 is 14.6 Å². The van der Waals surface area contributed by atoms with Crippen LogP contribution in [0.4, 0.5) is 5.69 Å². The predicted molar refractivity (Wildman–Crippen MR) is 126 cm³/mol. The molecule has 1 fully saturated rings. The van der Waals surface area contributed by atoms with Crippen molar-refractivity contribution < 1.29 is 24.2 Å². The van der Waals surface area contributed by atoms with Gasteiger partial charge in [-0.3, -0.25) is 9.59 Å². The number of hydrogen-bond donors (Lipinski definition) is 1. The quantitative estimate of drug-likeness (QED) is 0.608. The van der Waals surface area contributed by atoms with E-state index in [-0.39, 0.29) is 17.7 Å². The molecule has 0 aromatic heterocycles. The van der Waals surface area contributed by atoms with Crippen LogP contribution < -0.4 is 14.4 Å². The number of aliphatic hydroxyl groups is 1. The Bertz CT molecular complexity index is 1300. The number of aliphatic hydroxyl groups excluding tert-OH is 1. The lowest BCUT2D eigenvalue weighted by Crippen LogP contribution is -2.58. The zero-order valence-electron chi connectivity index (χ0n) is 19.2. The fraction of sp³-hybridized carbons (Fsp3) is 0.286. The molecule has 34 heavy (non-hydrogen) atoms. The number of rotatable bonds is 4. The molecule has 1 N–H and O–H groups in total. The number of anilines is 1. The van der Waals surface area contributed by atoms with Crippen molar-refractivity contribution in [3.63, 3.8) is 0 Å². The minimum atomic E-state index is -1.03.